The monoisotopic (exact) mass is 274 g/mol. The summed E-state index contributed by atoms with van der Waals surface area (Å²) < 4.78 is 0. The van der Waals surface area contributed by atoms with Gasteiger partial charge in [-0.2, -0.15) is 0 Å². The Hall–Kier alpha value is -1.51. The fourth-order valence-corrected chi connectivity index (χ4v) is 1.56. The highest BCUT2D eigenvalue weighted by molar-refractivity contribution is 6.28. The third-order valence-electron chi connectivity index (χ3n) is 2.44. The first kappa shape index (κ1) is 15.5. The van der Waals surface area contributed by atoms with Crippen LogP contribution in [0.2, 0.25) is 5.28 Å². The molecule has 3 heteroatoms. The van der Waals surface area contributed by atoms with E-state index in [1.165, 1.54) is 0 Å². The summed E-state index contributed by atoms with van der Waals surface area (Å²) >= 11 is 5.87. The molecule has 0 unspecified atom stereocenters. The van der Waals surface area contributed by atoms with Gasteiger partial charge in [0.25, 0.3) is 0 Å². The smallest absolute Gasteiger partial charge is 0.209 e. The van der Waals surface area contributed by atoms with Crippen molar-refractivity contribution >= 4 is 11.6 Å². The maximum absolute atomic E-state index is 5.87. The molecule has 0 spiro atoms. The lowest BCUT2D eigenvalue weighted by Crippen LogP contribution is -1.91. The summed E-state index contributed by atoms with van der Waals surface area (Å²) in [5.41, 5.74) is 1.30. The minimum atomic E-state index is 0.210. The zero-order valence-electron chi connectivity index (χ0n) is 11.6. The summed E-state index contributed by atoms with van der Waals surface area (Å²) in [5, 5.41) is 0.210. The molecular formula is C16H19ClN2. The van der Waals surface area contributed by atoms with Crippen molar-refractivity contribution in [1.82, 2.24) is 9.97 Å². The van der Waals surface area contributed by atoms with Crippen LogP contribution in [0.5, 0.6) is 0 Å². The van der Waals surface area contributed by atoms with Crippen molar-refractivity contribution < 1.29 is 0 Å². The Morgan fingerprint density at radius 1 is 0.947 bits per heavy atom. The lowest BCUT2D eigenvalue weighted by atomic mass is 10.2. The molecule has 0 aliphatic heterocycles. The van der Waals surface area contributed by atoms with Crippen LogP contribution in [0.4, 0.5) is 0 Å². The van der Waals surface area contributed by atoms with Crippen LogP contribution in [0.15, 0.2) is 6.07 Å². The minimum Gasteiger partial charge on any atom is -0.209 e. The Balaban J connectivity index is 2.74. The van der Waals surface area contributed by atoms with Crippen molar-refractivity contribution in [1.29, 1.82) is 0 Å². The van der Waals surface area contributed by atoms with E-state index in [1.54, 1.807) is 6.07 Å². The van der Waals surface area contributed by atoms with Gasteiger partial charge in [0, 0.05) is 18.9 Å². The van der Waals surface area contributed by atoms with E-state index >= 15 is 0 Å². The highest BCUT2D eigenvalue weighted by Gasteiger charge is 1.98. The van der Waals surface area contributed by atoms with Crippen molar-refractivity contribution in [3.05, 3.63) is 22.7 Å². The number of rotatable bonds is 4. The predicted octanol–water partition coefficient (Wildman–Crippen LogP) is 4.21. The standard InChI is InChI=1S/C16H19ClN2/c1-3-5-7-9-11-14-13-15(19-16(17)18-14)12-10-8-6-4-2/h13H,3-8H2,1-2H3. The van der Waals surface area contributed by atoms with Gasteiger partial charge in [-0.05, 0) is 36.3 Å². The van der Waals surface area contributed by atoms with Crippen molar-refractivity contribution in [2.45, 2.75) is 52.4 Å². The molecule has 0 N–H and O–H groups in total. The Labute approximate surface area is 121 Å². The molecule has 0 fully saturated rings. The van der Waals surface area contributed by atoms with Crippen LogP contribution in [0.1, 0.15) is 63.8 Å². The van der Waals surface area contributed by atoms with E-state index in [9.17, 15) is 0 Å². The second-order valence-electron chi connectivity index (χ2n) is 4.22. The van der Waals surface area contributed by atoms with Gasteiger partial charge in [-0.3, -0.25) is 0 Å². The Morgan fingerprint density at radius 3 is 1.84 bits per heavy atom. The van der Waals surface area contributed by atoms with Gasteiger partial charge in [0.1, 0.15) is 11.4 Å². The second kappa shape index (κ2) is 9.42. The van der Waals surface area contributed by atoms with E-state index < -0.39 is 0 Å². The van der Waals surface area contributed by atoms with Crippen molar-refractivity contribution in [2.75, 3.05) is 0 Å². The topological polar surface area (TPSA) is 25.8 Å². The summed E-state index contributed by atoms with van der Waals surface area (Å²) in [6.07, 6.45) is 6.27. The second-order valence-corrected chi connectivity index (χ2v) is 4.56. The SMILES string of the molecule is CCCCC#Cc1cc(C#CCCCC)nc(Cl)n1. The van der Waals surface area contributed by atoms with Crippen LogP contribution < -0.4 is 0 Å². The van der Waals surface area contributed by atoms with Crippen molar-refractivity contribution in [3.8, 4) is 23.7 Å². The van der Waals surface area contributed by atoms with Gasteiger partial charge in [0.15, 0.2) is 0 Å². The Kier molecular flexibility index (Phi) is 7.71. The maximum Gasteiger partial charge on any atom is 0.224 e. The molecule has 1 aromatic rings. The van der Waals surface area contributed by atoms with Gasteiger partial charge in [-0.25, -0.2) is 9.97 Å². The molecule has 0 atom stereocenters. The van der Waals surface area contributed by atoms with E-state index in [2.05, 4.69) is 47.5 Å². The molecule has 0 aromatic carbocycles. The minimum absolute atomic E-state index is 0.210. The molecule has 2 nitrogen and oxygen atoms in total. The summed E-state index contributed by atoms with van der Waals surface area (Å²) in [4.78, 5) is 8.18. The van der Waals surface area contributed by atoms with Crippen LogP contribution in [-0.4, -0.2) is 9.97 Å². The number of aromatic nitrogens is 2. The van der Waals surface area contributed by atoms with E-state index in [-0.39, 0.29) is 5.28 Å². The average Bonchev–Trinajstić information content (AvgIpc) is 2.39. The van der Waals surface area contributed by atoms with Gasteiger partial charge >= 0.3 is 0 Å². The molecule has 1 heterocycles. The molecule has 1 rings (SSSR count). The number of nitrogens with zero attached hydrogens (tertiary/aromatic N) is 2. The van der Waals surface area contributed by atoms with Crippen molar-refractivity contribution in [3.63, 3.8) is 0 Å². The number of hydrogen-bond donors (Lipinski definition) is 0. The van der Waals surface area contributed by atoms with Crippen LogP contribution in [-0.2, 0) is 0 Å². The van der Waals surface area contributed by atoms with Crippen LogP contribution >= 0.6 is 11.6 Å². The first-order valence-corrected chi connectivity index (χ1v) is 7.16. The molecule has 100 valence electrons. The lowest BCUT2D eigenvalue weighted by molar-refractivity contribution is 0.828. The molecule has 19 heavy (non-hydrogen) atoms. The predicted molar refractivity (Wildman–Crippen MR) is 79.8 cm³/mol. The van der Waals surface area contributed by atoms with E-state index in [0.29, 0.717) is 11.4 Å². The highest BCUT2D eigenvalue weighted by Crippen LogP contribution is 2.05. The molecule has 0 radical (unpaired) electrons. The first-order valence-electron chi connectivity index (χ1n) is 6.78. The molecule has 0 aliphatic rings. The van der Waals surface area contributed by atoms with Crippen LogP contribution in [0.25, 0.3) is 0 Å². The zero-order valence-corrected chi connectivity index (χ0v) is 12.3. The first-order chi connectivity index (χ1) is 9.26. The number of unbranched alkanes of at least 4 members (excludes halogenated alkanes) is 4. The number of hydrogen-bond acceptors (Lipinski definition) is 2. The number of halogens is 1. The van der Waals surface area contributed by atoms with E-state index in [4.69, 9.17) is 11.6 Å². The van der Waals surface area contributed by atoms with Crippen molar-refractivity contribution in [2.24, 2.45) is 0 Å². The lowest BCUT2D eigenvalue weighted by Gasteiger charge is -1.94. The van der Waals surface area contributed by atoms with Crippen LogP contribution in [0.3, 0.4) is 0 Å². The van der Waals surface area contributed by atoms with Gasteiger partial charge in [0.05, 0.1) is 0 Å². The van der Waals surface area contributed by atoms with Gasteiger partial charge in [-0.1, -0.05) is 38.5 Å². The van der Waals surface area contributed by atoms with Gasteiger partial charge in [-0.15, -0.1) is 0 Å². The highest BCUT2D eigenvalue weighted by atomic mass is 35.5. The molecule has 0 aliphatic carbocycles. The fourth-order valence-electron chi connectivity index (χ4n) is 1.38. The summed E-state index contributed by atoms with van der Waals surface area (Å²) in [6, 6.07) is 1.80. The largest absolute Gasteiger partial charge is 0.224 e. The van der Waals surface area contributed by atoms with Gasteiger partial charge < -0.3 is 0 Å². The maximum atomic E-state index is 5.87. The molecule has 0 bridgehead atoms. The zero-order chi connectivity index (χ0) is 13.9. The quantitative estimate of drug-likeness (QED) is 0.467. The molecule has 1 aromatic heterocycles. The molecular weight excluding hydrogens is 256 g/mol. The summed E-state index contributed by atoms with van der Waals surface area (Å²) in [7, 11) is 0. The van der Waals surface area contributed by atoms with Gasteiger partial charge in [0.2, 0.25) is 5.28 Å². The summed E-state index contributed by atoms with van der Waals surface area (Å²) in [5.74, 6) is 12.2. The Morgan fingerprint density at radius 2 is 1.42 bits per heavy atom. The summed E-state index contributed by atoms with van der Waals surface area (Å²) in [6.45, 7) is 4.29. The Bertz CT molecular complexity index is 471. The third-order valence-corrected chi connectivity index (χ3v) is 2.61. The fraction of sp³-hybridized carbons (Fsp3) is 0.500. The molecule has 0 saturated carbocycles. The van der Waals surface area contributed by atoms with E-state index in [0.717, 1.165) is 38.5 Å². The third kappa shape index (κ3) is 6.85. The van der Waals surface area contributed by atoms with E-state index in [1.807, 2.05) is 0 Å². The molecule has 0 saturated heterocycles. The normalized spacial score (nSPS) is 9.21. The average molecular weight is 275 g/mol. The molecule has 0 amide bonds. The van der Waals surface area contributed by atoms with Crippen LogP contribution in [0, 0.1) is 23.7 Å².